The third kappa shape index (κ3) is 2.63. The molecule has 2 heterocycles. The molecule has 1 saturated heterocycles. The van der Waals surface area contributed by atoms with Crippen LogP contribution in [0.3, 0.4) is 0 Å². The number of piperidine rings is 1. The zero-order valence-electron chi connectivity index (χ0n) is 13.3. The molecule has 0 bridgehead atoms. The van der Waals surface area contributed by atoms with Gasteiger partial charge in [0.2, 0.25) is 5.91 Å². The Kier molecular flexibility index (Phi) is 4.19. The first kappa shape index (κ1) is 15.1. The van der Waals surface area contributed by atoms with Gasteiger partial charge in [-0.15, -0.1) is 0 Å². The van der Waals surface area contributed by atoms with E-state index in [1.165, 1.54) is 0 Å². The van der Waals surface area contributed by atoms with Crippen molar-refractivity contribution in [1.82, 2.24) is 14.5 Å². The molecule has 1 amide bonds. The second kappa shape index (κ2) is 6.12. The highest BCUT2D eigenvalue weighted by atomic mass is 16.2. The van der Waals surface area contributed by atoms with Crippen LogP contribution in [-0.4, -0.2) is 33.4 Å². The van der Waals surface area contributed by atoms with E-state index in [2.05, 4.69) is 15.6 Å². The number of nitrogens with zero attached hydrogens (tertiary/aromatic N) is 4. The topological polar surface area (TPSA) is 61.9 Å². The molecule has 1 aromatic rings. The minimum absolute atomic E-state index is 0.0668. The van der Waals surface area contributed by atoms with E-state index in [1.54, 1.807) is 0 Å². The summed E-state index contributed by atoms with van der Waals surface area (Å²) in [4.78, 5) is 19.2. The van der Waals surface area contributed by atoms with E-state index in [0.29, 0.717) is 12.6 Å². The lowest BCUT2D eigenvalue weighted by Crippen LogP contribution is -2.48. The number of imidazole rings is 1. The van der Waals surface area contributed by atoms with Crippen LogP contribution in [0.5, 0.6) is 0 Å². The van der Waals surface area contributed by atoms with Crippen LogP contribution in [0.1, 0.15) is 56.8 Å². The first-order valence-electron chi connectivity index (χ1n) is 8.36. The molecule has 5 nitrogen and oxygen atoms in total. The van der Waals surface area contributed by atoms with Crippen molar-refractivity contribution in [3.8, 4) is 6.07 Å². The third-order valence-electron chi connectivity index (χ3n) is 5.27. The summed E-state index contributed by atoms with van der Waals surface area (Å²) in [6.45, 7) is 3.49. The van der Waals surface area contributed by atoms with Gasteiger partial charge in [-0.25, -0.2) is 4.98 Å². The Labute approximate surface area is 131 Å². The van der Waals surface area contributed by atoms with E-state index >= 15 is 0 Å². The van der Waals surface area contributed by atoms with Crippen LogP contribution in [-0.2, 0) is 4.79 Å². The number of hydrogen-bond acceptors (Lipinski definition) is 3. The van der Waals surface area contributed by atoms with Gasteiger partial charge >= 0.3 is 0 Å². The first-order valence-corrected chi connectivity index (χ1v) is 8.36. The fraction of sp³-hybridized carbons (Fsp3) is 0.706. The molecule has 0 spiro atoms. The average molecular weight is 300 g/mol. The predicted molar refractivity (Wildman–Crippen MR) is 82.9 cm³/mol. The molecule has 2 fully saturated rings. The molecule has 1 saturated carbocycles. The first-order chi connectivity index (χ1) is 10.7. The standard InChI is InChI=1S/C17H24N4O/c1-14-19-9-11-21(14)15-6-5-10-20(12-15)16(22)17(13-18)7-3-2-4-8-17/h9,11,15H,2-8,10,12H2,1H3/t15-/m1/s1. The number of likely N-dealkylation sites (tertiary alicyclic amines) is 1. The van der Waals surface area contributed by atoms with Crippen molar-refractivity contribution < 1.29 is 4.79 Å². The van der Waals surface area contributed by atoms with Gasteiger partial charge in [-0.3, -0.25) is 4.79 Å². The largest absolute Gasteiger partial charge is 0.339 e. The van der Waals surface area contributed by atoms with Crippen LogP contribution >= 0.6 is 0 Å². The fourth-order valence-corrected chi connectivity index (χ4v) is 3.97. The number of aryl methyl sites for hydroxylation is 1. The van der Waals surface area contributed by atoms with Gasteiger partial charge in [0.15, 0.2) is 0 Å². The Morgan fingerprint density at radius 1 is 1.36 bits per heavy atom. The van der Waals surface area contributed by atoms with Gasteiger partial charge in [-0.2, -0.15) is 5.26 Å². The number of hydrogen-bond donors (Lipinski definition) is 0. The summed E-state index contributed by atoms with van der Waals surface area (Å²) in [7, 11) is 0. The van der Waals surface area contributed by atoms with E-state index in [9.17, 15) is 10.1 Å². The lowest BCUT2D eigenvalue weighted by Gasteiger charge is -2.39. The average Bonchev–Trinajstić information content (AvgIpc) is 3.01. The Morgan fingerprint density at radius 2 is 2.14 bits per heavy atom. The maximum Gasteiger partial charge on any atom is 0.243 e. The highest BCUT2D eigenvalue weighted by Crippen LogP contribution is 2.38. The number of carbonyl (C=O) groups excluding carboxylic acids is 1. The van der Waals surface area contributed by atoms with Crippen LogP contribution in [0.15, 0.2) is 12.4 Å². The van der Waals surface area contributed by atoms with Crippen LogP contribution in [0.2, 0.25) is 0 Å². The Bertz CT molecular complexity index is 580. The molecule has 1 aliphatic heterocycles. The summed E-state index contributed by atoms with van der Waals surface area (Å²) in [5, 5.41) is 9.62. The van der Waals surface area contributed by atoms with E-state index in [4.69, 9.17) is 0 Å². The molecule has 0 unspecified atom stereocenters. The van der Waals surface area contributed by atoms with Crippen LogP contribution < -0.4 is 0 Å². The number of rotatable bonds is 2. The van der Waals surface area contributed by atoms with Crippen molar-refractivity contribution in [1.29, 1.82) is 5.26 Å². The van der Waals surface area contributed by atoms with Crippen LogP contribution in [0, 0.1) is 23.7 Å². The fourth-order valence-electron chi connectivity index (χ4n) is 3.97. The second-order valence-corrected chi connectivity index (χ2v) is 6.68. The molecule has 0 N–H and O–H groups in total. The lowest BCUT2D eigenvalue weighted by atomic mass is 9.74. The second-order valence-electron chi connectivity index (χ2n) is 6.68. The Balaban J connectivity index is 1.75. The minimum atomic E-state index is -0.760. The van der Waals surface area contributed by atoms with Crippen molar-refractivity contribution in [2.45, 2.75) is 57.9 Å². The molecule has 3 rings (SSSR count). The summed E-state index contributed by atoms with van der Waals surface area (Å²) in [6, 6.07) is 2.66. The van der Waals surface area contributed by atoms with Crippen molar-refractivity contribution in [3.63, 3.8) is 0 Å². The smallest absolute Gasteiger partial charge is 0.243 e. The third-order valence-corrected chi connectivity index (χ3v) is 5.27. The zero-order chi connectivity index (χ0) is 15.6. The number of amides is 1. The SMILES string of the molecule is Cc1nccn1[C@@H]1CCCN(C(=O)C2(C#N)CCCCC2)C1. The molecule has 1 aromatic heterocycles. The van der Waals surface area contributed by atoms with Crippen molar-refractivity contribution in [2.75, 3.05) is 13.1 Å². The highest BCUT2D eigenvalue weighted by molar-refractivity contribution is 5.85. The van der Waals surface area contributed by atoms with Crippen molar-refractivity contribution >= 4 is 5.91 Å². The van der Waals surface area contributed by atoms with Crippen LogP contribution in [0.25, 0.3) is 0 Å². The summed E-state index contributed by atoms with van der Waals surface area (Å²) in [6.07, 6.45) is 10.5. The van der Waals surface area contributed by atoms with E-state index in [0.717, 1.165) is 57.3 Å². The van der Waals surface area contributed by atoms with Gasteiger partial charge in [0.05, 0.1) is 12.1 Å². The summed E-state index contributed by atoms with van der Waals surface area (Å²) < 4.78 is 2.17. The molecule has 5 heteroatoms. The van der Waals surface area contributed by atoms with E-state index < -0.39 is 5.41 Å². The summed E-state index contributed by atoms with van der Waals surface area (Å²) in [5.74, 6) is 1.06. The molecule has 2 aliphatic rings. The quantitative estimate of drug-likeness (QED) is 0.843. The molecular formula is C17H24N4O. The predicted octanol–water partition coefficient (Wildman–Crippen LogP) is 2.83. The minimum Gasteiger partial charge on any atom is -0.339 e. The summed E-state index contributed by atoms with van der Waals surface area (Å²) >= 11 is 0. The van der Waals surface area contributed by atoms with E-state index in [1.807, 2.05) is 24.2 Å². The highest BCUT2D eigenvalue weighted by Gasteiger charge is 2.43. The molecule has 0 radical (unpaired) electrons. The van der Waals surface area contributed by atoms with Crippen molar-refractivity contribution in [3.05, 3.63) is 18.2 Å². The van der Waals surface area contributed by atoms with Crippen molar-refractivity contribution in [2.24, 2.45) is 5.41 Å². The molecule has 1 atom stereocenters. The number of nitriles is 1. The van der Waals surface area contributed by atoms with Crippen LogP contribution in [0.4, 0.5) is 0 Å². The molecule has 22 heavy (non-hydrogen) atoms. The number of aromatic nitrogens is 2. The monoisotopic (exact) mass is 300 g/mol. The van der Waals surface area contributed by atoms with Gasteiger partial charge in [-0.1, -0.05) is 19.3 Å². The maximum atomic E-state index is 13.0. The summed E-state index contributed by atoms with van der Waals surface area (Å²) in [5.41, 5.74) is -0.760. The zero-order valence-corrected chi connectivity index (χ0v) is 13.3. The van der Waals surface area contributed by atoms with Gasteiger partial charge in [0.25, 0.3) is 0 Å². The maximum absolute atomic E-state index is 13.0. The molecule has 1 aliphatic carbocycles. The number of carbonyl (C=O) groups is 1. The molecule has 0 aromatic carbocycles. The normalized spacial score (nSPS) is 24.7. The Hall–Kier alpha value is -1.83. The van der Waals surface area contributed by atoms with Gasteiger partial charge in [0.1, 0.15) is 11.2 Å². The molecule has 118 valence electrons. The van der Waals surface area contributed by atoms with Gasteiger partial charge < -0.3 is 9.47 Å². The molecular weight excluding hydrogens is 276 g/mol. The van der Waals surface area contributed by atoms with E-state index in [-0.39, 0.29) is 5.91 Å². The van der Waals surface area contributed by atoms with Gasteiger partial charge in [0, 0.05) is 25.5 Å². The Morgan fingerprint density at radius 3 is 2.77 bits per heavy atom. The lowest BCUT2D eigenvalue weighted by molar-refractivity contribution is -0.142. The van der Waals surface area contributed by atoms with Gasteiger partial charge in [-0.05, 0) is 32.6 Å².